The van der Waals surface area contributed by atoms with E-state index in [1.807, 2.05) is 4.90 Å². The normalized spacial score (nSPS) is 22.9. The van der Waals surface area contributed by atoms with Crippen LogP contribution in [0.15, 0.2) is 12.7 Å². The molecule has 1 atom stereocenters. The molecule has 0 bridgehead atoms. The molecule has 0 aromatic carbocycles. The number of carbonyl (C=O) groups excluding carboxylic acids is 1. The van der Waals surface area contributed by atoms with Crippen LogP contribution in [0, 0.1) is 0 Å². The molecule has 1 N–H and O–H groups in total. The summed E-state index contributed by atoms with van der Waals surface area (Å²) in [5.74, 6) is -0.908. The number of likely N-dealkylation sites (N-methyl/N-ethyl adjacent to an activating group) is 1. The summed E-state index contributed by atoms with van der Waals surface area (Å²) in [5, 5.41) is 8.71. The maximum atomic E-state index is 11.5. The number of hydrogen-bond acceptors (Lipinski definition) is 3. The molecule has 1 aliphatic rings. The Morgan fingerprint density at radius 2 is 2.40 bits per heavy atom. The van der Waals surface area contributed by atoms with Gasteiger partial charge in [0.2, 0.25) is 5.91 Å². The minimum Gasteiger partial charge on any atom is -0.481 e. The lowest BCUT2D eigenvalue weighted by atomic mass is 10.1. The standard InChI is InChI=1S/C10H16N2O3/c1-3-4-12-6-8(5-10(14)15)11(2)9(13)7-12/h3,8H,1,4-7H2,2H3,(H,14,15). The van der Waals surface area contributed by atoms with Gasteiger partial charge in [-0.05, 0) is 0 Å². The molecule has 1 aliphatic heterocycles. The van der Waals surface area contributed by atoms with Crippen LogP contribution in [0.1, 0.15) is 6.42 Å². The zero-order valence-electron chi connectivity index (χ0n) is 8.85. The molecule has 0 aliphatic carbocycles. The van der Waals surface area contributed by atoms with Gasteiger partial charge in [-0.25, -0.2) is 0 Å². The SMILES string of the molecule is C=CCN1CC(=O)N(C)C(CC(=O)O)C1. The predicted molar refractivity (Wildman–Crippen MR) is 55.4 cm³/mol. The van der Waals surface area contributed by atoms with Crippen LogP contribution in [0.5, 0.6) is 0 Å². The molecule has 0 aromatic rings. The zero-order valence-corrected chi connectivity index (χ0v) is 8.85. The van der Waals surface area contributed by atoms with Crippen molar-refractivity contribution < 1.29 is 14.7 Å². The maximum absolute atomic E-state index is 11.5. The average Bonchev–Trinajstić information content (AvgIpc) is 2.13. The van der Waals surface area contributed by atoms with Crippen LogP contribution >= 0.6 is 0 Å². The Morgan fingerprint density at radius 1 is 1.73 bits per heavy atom. The Balaban J connectivity index is 2.63. The highest BCUT2D eigenvalue weighted by Gasteiger charge is 2.30. The largest absolute Gasteiger partial charge is 0.481 e. The van der Waals surface area contributed by atoms with E-state index < -0.39 is 5.97 Å². The van der Waals surface area contributed by atoms with Crippen LogP contribution in [0.2, 0.25) is 0 Å². The summed E-state index contributed by atoms with van der Waals surface area (Å²) in [4.78, 5) is 25.6. The van der Waals surface area contributed by atoms with Crippen LogP contribution in [0.3, 0.4) is 0 Å². The number of carboxylic acids is 1. The van der Waals surface area contributed by atoms with Gasteiger partial charge in [-0.15, -0.1) is 6.58 Å². The lowest BCUT2D eigenvalue weighted by Gasteiger charge is -2.37. The number of amides is 1. The highest BCUT2D eigenvalue weighted by Crippen LogP contribution is 2.11. The highest BCUT2D eigenvalue weighted by atomic mass is 16.4. The van der Waals surface area contributed by atoms with E-state index in [-0.39, 0.29) is 18.4 Å². The molecule has 84 valence electrons. The summed E-state index contributed by atoms with van der Waals surface area (Å²) < 4.78 is 0. The summed E-state index contributed by atoms with van der Waals surface area (Å²) in [5.41, 5.74) is 0. The molecular formula is C10H16N2O3. The minimum atomic E-state index is -0.875. The molecule has 1 heterocycles. The van der Waals surface area contributed by atoms with Crippen molar-refractivity contribution in [2.75, 3.05) is 26.7 Å². The second-order valence-electron chi connectivity index (χ2n) is 3.74. The molecular weight excluding hydrogens is 196 g/mol. The van der Waals surface area contributed by atoms with Gasteiger partial charge in [-0.2, -0.15) is 0 Å². The molecule has 1 saturated heterocycles. The number of piperazine rings is 1. The van der Waals surface area contributed by atoms with Gasteiger partial charge in [0.05, 0.1) is 19.0 Å². The summed E-state index contributed by atoms with van der Waals surface area (Å²) in [6, 6.07) is -0.233. The van der Waals surface area contributed by atoms with Gasteiger partial charge in [0.25, 0.3) is 0 Å². The molecule has 1 unspecified atom stereocenters. The van der Waals surface area contributed by atoms with Crippen LogP contribution in [0.4, 0.5) is 0 Å². The smallest absolute Gasteiger partial charge is 0.305 e. The van der Waals surface area contributed by atoms with E-state index in [1.54, 1.807) is 13.1 Å². The van der Waals surface area contributed by atoms with Crippen LogP contribution < -0.4 is 0 Å². The predicted octanol–water partition coefficient (Wildman–Crippen LogP) is -0.210. The molecule has 1 amide bonds. The first-order chi connectivity index (χ1) is 7.04. The number of rotatable bonds is 4. The van der Waals surface area contributed by atoms with Gasteiger partial charge in [-0.3, -0.25) is 14.5 Å². The molecule has 0 saturated carbocycles. The molecule has 0 radical (unpaired) electrons. The van der Waals surface area contributed by atoms with Crippen molar-refractivity contribution in [1.82, 2.24) is 9.80 Å². The number of hydrogen-bond donors (Lipinski definition) is 1. The quantitative estimate of drug-likeness (QED) is 0.655. The second-order valence-corrected chi connectivity index (χ2v) is 3.74. The van der Waals surface area contributed by atoms with Crippen molar-refractivity contribution in [3.05, 3.63) is 12.7 Å². The molecule has 1 fully saturated rings. The van der Waals surface area contributed by atoms with E-state index in [1.165, 1.54) is 4.90 Å². The van der Waals surface area contributed by atoms with E-state index in [4.69, 9.17) is 5.11 Å². The highest BCUT2D eigenvalue weighted by molar-refractivity contribution is 5.80. The van der Waals surface area contributed by atoms with Crippen molar-refractivity contribution in [3.8, 4) is 0 Å². The Bertz CT molecular complexity index is 278. The number of carbonyl (C=O) groups is 2. The van der Waals surface area contributed by atoms with Crippen LogP contribution in [-0.2, 0) is 9.59 Å². The molecule has 0 spiro atoms. The summed E-state index contributed by atoms with van der Waals surface area (Å²) in [6.07, 6.45) is 1.71. The monoisotopic (exact) mass is 212 g/mol. The lowest BCUT2D eigenvalue weighted by molar-refractivity contribution is -0.143. The van der Waals surface area contributed by atoms with Crippen molar-refractivity contribution in [3.63, 3.8) is 0 Å². The third-order valence-electron chi connectivity index (χ3n) is 2.57. The van der Waals surface area contributed by atoms with Gasteiger partial charge in [-0.1, -0.05) is 6.08 Å². The van der Waals surface area contributed by atoms with Gasteiger partial charge in [0.15, 0.2) is 0 Å². The Labute approximate surface area is 89.0 Å². The lowest BCUT2D eigenvalue weighted by Crippen LogP contribution is -2.55. The summed E-state index contributed by atoms with van der Waals surface area (Å²) >= 11 is 0. The molecule has 5 nitrogen and oxygen atoms in total. The fraction of sp³-hybridized carbons (Fsp3) is 0.600. The van der Waals surface area contributed by atoms with Crippen molar-refractivity contribution in [2.24, 2.45) is 0 Å². The molecule has 5 heteroatoms. The first-order valence-electron chi connectivity index (χ1n) is 4.85. The first kappa shape index (κ1) is 11.7. The van der Waals surface area contributed by atoms with Crippen molar-refractivity contribution >= 4 is 11.9 Å². The Kier molecular flexibility index (Phi) is 3.85. The maximum Gasteiger partial charge on any atom is 0.305 e. The minimum absolute atomic E-state index is 0.00408. The van der Waals surface area contributed by atoms with E-state index in [9.17, 15) is 9.59 Å². The summed E-state index contributed by atoms with van der Waals surface area (Å²) in [7, 11) is 1.65. The van der Waals surface area contributed by atoms with Crippen molar-refractivity contribution in [2.45, 2.75) is 12.5 Å². The van der Waals surface area contributed by atoms with E-state index in [0.29, 0.717) is 19.6 Å². The fourth-order valence-electron chi connectivity index (χ4n) is 1.72. The van der Waals surface area contributed by atoms with Crippen LogP contribution in [-0.4, -0.2) is 59.5 Å². The topological polar surface area (TPSA) is 60.9 Å². The van der Waals surface area contributed by atoms with E-state index in [2.05, 4.69) is 6.58 Å². The number of aliphatic carboxylic acids is 1. The van der Waals surface area contributed by atoms with Gasteiger partial charge in [0.1, 0.15) is 0 Å². The Morgan fingerprint density at radius 3 is 2.93 bits per heavy atom. The van der Waals surface area contributed by atoms with E-state index >= 15 is 0 Å². The average molecular weight is 212 g/mol. The van der Waals surface area contributed by atoms with Crippen LogP contribution in [0.25, 0.3) is 0 Å². The summed E-state index contributed by atoms with van der Waals surface area (Å²) in [6.45, 7) is 5.17. The zero-order chi connectivity index (χ0) is 11.4. The molecule has 0 aromatic heterocycles. The van der Waals surface area contributed by atoms with Gasteiger partial charge >= 0.3 is 5.97 Å². The molecule has 15 heavy (non-hydrogen) atoms. The number of carboxylic acid groups (broad SMARTS) is 1. The second kappa shape index (κ2) is 4.93. The van der Waals surface area contributed by atoms with Crippen molar-refractivity contribution in [1.29, 1.82) is 0 Å². The van der Waals surface area contributed by atoms with Gasteiger partial charge in [0, 0.05) is 20.1 Å². The third-order valence-corrected chi connectivity index (χ3v) is 2.57. The first-order valence-corrected chi connectivity index (χ1v) is 4.85. The van der Waals surface area contributed by atoms with Gasteiger partial charge < -0.3 is 10.0 Å². The fourth-order valence-corrected chi connectivity index (χ4v) is 1.72. The number of nitrogens with zero attached hydrogens (tertiary/aromatic N) is 2. The third kappa shape index (κ3) is 3.06. The van der Waals surface area contributed by atoms with E-state index in [0.717, 1.165) is 0 Å². The Hall–Kier alpha value is -1.36. The molecule has 1 rings (SSSR count).